The Morgan fingerprint density at radius 2 is 2.18 bits per heavy atom. The lowest BCUT2D eigenvalue weighted by Gasteiger charge is -2.16. The van der Waals surface area contributed by atoms with Gasteiger partial charge in [0.15, 0.2) is 5.69 Å². The van der Waals surface area contributed by atoms with Gasteiger partial charge in [-0.1, -0.05) is 20.8 Å². The Labute approximate surface area is 102 Å². The Morgan fingerprint density at radius 3 is 2.71 bits per heavy atom. The highest BCUT2D eigenvalue weighted by Crippen LogP contribution is 2.13. The molecular weight excluding hydrogens is 218 g/mol. The molecule has 17 heavy (non-hydrogen) atoms. The summed E-state index contributed by atoms with van der Waals surface area (Å²) in [5.74, 6) is 0.572. The fraction of sp³-hybridized carbons (Fsp3) is 0.667. The van der Waals surface area contributed by atoms with E-state index in [-0.39, 0.29) is 23.7 Å². The molecular formula is C12H21N3O2. The lowest BCUT2D eigenvalue weighted by atomic mass is 10.1. The van der Waals surface area contributed by atoms with Gasteiger partial charge in [0, 0.05) is 6.04 Å². The smallest absolute Gasteiger partial charge is 0.273 e. The van der Waals surface area contributed by atoms with Gasteiger partial charge in [-0.25, -0.2) is 4.98 Å². The molecule has 0 radical (unpaired) electrons. The van der Waals surface area contributed by atoms with E-state index >= 15 is 0 Å². The van der Waals surface area contributed by atoms with E-state index in [1.807, 2.05) is 27.7 Å². The summed E-state index contributed by atoms with van der Waals surface area (Å²) in [6.07, 6.45) is 2.08. The molecule has 0 bridgehead atoms. The third kappa shape index (κ3) is 3.56. The highest BCUT2D eigenvalue weighted by atomic mass is 16.3. The van der Waals surface area contributed by atoms with Crippen LogP contribution in [0.25, 0.3) is 0 Å². The van der Waals surface area contributed by atoms with Crippen molar-refractivity contribution in [3.05, 3.63) is 17.8 Å². The van der Waals surface area contributed by atoms with E-state index < -0.39 is 0 Å². The molecule has 0 aliphatic rings. The maximum atomic E-state index is 11.8. The molecule has 1 heterocycles. The molecule has 0 saturated carbocycles. The zero-order valence-electron chi connectivity index (χ0n) is 10.9. The van der Waals surface area contributed by atoms with Crippen molar-refractivity contribution in [2.45, 2.75) is 46.2 Å². The molecule has 5 nitrogen and oxygen atoms in total. The number of carbonyl (C=O) groups excluding carboxylic acids is 1. The Kier molecular flexibility index (Phi) is 4.69. The first-order valence-corrected chi connectivity index (χ1v) is 5.97. The van der Waals surface area contributed by atoms with Crippen LogP contribution in [0.5, 0.6) is 0 Å². The third-order valence-electron chi connectivity index (χ3n) is 2.87. The van der Waals surface area contributed by atoms with Crippen LogP contribution in [0.2, 0.25) is 0 Å². The maximum Gasteiger partial charge on any atom is 0.273 e. The van der Waals surface area contributed by atoms with Crippen molar-refractivity contribution in [3.8, 4) is 0 Å². The summed E-state index contributed by atoms with van der Waals surface area (Å²) in [7, 11) is 0. The van der Waals surface area contributed by atoms with Crippen LogP contribution in [0.1, 0.15) is 56.5 Å². The number of oxazole rings is 1. The van der Waals surface area contributed by atoms with Crippen molar-refractivity contribution in [3.63, 3.8) is 0 Å². The zero-order chi connectivity index (χ0) is 13.0. The first kappa shape index (κ1) is 13.7. The number of nitrogens with one attached hydrogen (secondary N) is 1. The molecule has 1 rings (SSSR count). The Bertz CT molecular complexity index is 374. The lowest BCUT2D eigenvalue weighted by Crippen LogP contribution is -2.36. The first-order chi connectivity index (χ1) is 7.95. The molecule has 3 N–H and O–H groups in total. The van der Waals surface area contributed by atoms with Crippen LogP contribution >= 0.6 is 0 Å². The van der Waals surface area contributed by atoms with Crippen LogP contribution in [0.3, 0.4) is 0 Å². The van der Waals surface area contributed by atoms with E-state index in [1.165, 1.54) is 6.26 Å². The van der Waals surface area contributed by atoms with Crippen LogP contribution in [-0.4, -0.2) is 16.9 Å². The molecule has 0 aromatic carbocycles. The summed E-state index contributed by atoms with van der Waals surface area (Å²) >= 11 is 0. The molecule has 5 heteroatoms. The summed E-state index contributed by atoms with van der Waals surface area (Å²) in [4.78, 5) is 15.9. The predicted molar refractivity (Wildman–Crippen MR) is 65.5 cm³/mol. The number of nitrogens with two attached hydrogens (primary N) is 1. The van der Waals surface area contributed by atoms with E-state index in [9.17, 15) is 4.79 Å². The van der Waals surface area contributed by atoms with Crippen molar-refractivity contribution >= 4 is 5.91 Å². The molecule has 0 aliphatic carbocycles. The summed E-state index contributed by atoms with van der Waals surface area (Å²) < 4.78 is 5.18. The minimum Gasteiger partial charge on any atom is -0.446 e. The number of rotatable bonds is 5. The number of hydrogen-bond acceptors (Lipinski definition) is 4. The molecule has 0 fully saturated rings. The van der Waals surface area contributed by atoms with Gasteiger partial charge in [0.1, 0.15) is 6.26 Å². The van der Waals surface area contributed by atoms with Gasteiger partial charge in [-0.05, 0) is 19.3 Å². The van der Waals surface area contributed by atoms with Crippen LogP contribution in [-0.2, 0) is 0 Å². The SMILES string of the molecule is CCC(N)c1nc(C(=O)NC(C)C(C)C)co1. The lowest BCUT2D eigenvalue weighted by molar-refractivity contribution is 0.0925. The average Bonchev–Trinajstić information content (AvgIpc) is 2.77. The number of carbonyl (C=O) groups is 1. The predicted octanol–water partition coefficient (Wildman–Crippen LogP) is 1.86. The molecule has 0 aliphatic heterocycles. The number of hydrogen-bond donors (Lipinski definition) is 2. The number of amides is 1. The Morgan fingerprint density at radius 1 is 1.53 bits per heavy atom. The Hall–Kier alpha value is -1.36. The van der Waals surface area contributed by atoms with Crippen LogP contribution in [0.4, 0.5) is 0 Å². The molecule has 2 atom stereocenters. The maximum absolute atomic E-state index is 11.8. The van der Waals surface area contributed by atoms with E-state index in [2.05, 4.69) is 10.3 Å². The van der Waals surface area contributed by atoms with Gasteiger partial charge in [-0.15, -0.1) is 0 Å². The van der Waals surface area contributed by atoms with Crippen molar-refractivity contribution in [1.82, 2.24) is 10.3 Å². The number of nitrogens with zero attached hydrogens (tertiary/aromatic N) is 1. The van der Waals surface area contributed by atoms with Gasteiger partial charge in [-0.2, -0.15) is 0 Å². The van der Waals surface area contributed by atoms with Crippen molar-refractivity contribution in [2.24, 2.45) is 11.7 Å². The molecule has 1 aromatic rings. The second-order valence-corrected chi connectivity index (χ2v) is 4.59. The van der Waals surface area contributed by atoms with E-state index in [0.29, 0.717) is 11.8 Å². The highest BCUT2D eigenvalue weighted by Gasteiger charge is 2.18. The van der Waals surface area contributed by atoms with Crippen LogP contribution < -0.4 is 11.1 Å². The minimum atomic E-state index is -0.251. The fourth-order valence-corrected chi connectivity index (χ4v) is 1.18. The Balaban J connectivity index is 2.67. The zero-order valence-corrected chi connectivity index (χ0v) is 10.9. The third-order valence-corrected chi connectivity index (χ3v) is 2.87. The molecule has 0 saturated heterocycles. The van der Waals surface area contributed by atoms with E-state index in [0.717, 1.165) is 6.42 Å². The minimum absolute atomic E-state index is 0.0995. The van der Waals surface area contributed by atoms with Gasteiger partial charge in [0.05, 0.1) is 6.04 Å². The second kappa shape index (κ2) is 5.82. The first-order valence-electron chi connectivity index (χ1n) is 5.97. The summed E-state index contributed by atoms with van der Waals surface area (Å²) in [5, 5.41) is 2.86. The summed E-state index contributed by atoms with van der Waals surface area (Å²) in [5.41, 5.74) is 6.06. The topological polar surface area (TPSA) is 81.1 Å². The average molecular weight is 239 g/mol. The molecule has 1 amide bonds. The van der Waals surface area contributed by atoms with Crippen molar-refractivity contribution in [1.29, 1.82) is 0 Å². The molecule has 0 spiro atoms. The van der Waals surface area contributed by atoms with Crippen molar-refractivity contribution in [2.75, 3.05) is 0 Å². The van der Waals surface area contributed by atoms with Crippen LogP contribution in [0.15, 0.2) is 10.7 Å². The monoisotopic (exact) mass is 239 g/mol. The molecule has 1 aromatic heterocycles. The van der Waals surface area contributed by atoms with Gasteiger partial charge >= 0.3 is 0 Å². The van der Waals surface area contributed by atoms with E-state index in [1.54, 1.807) is 0 Å². The fourth-order valence-electron chi connectivity index (χ4n) is 1.18. The van der Waals surface area contributed by atoms with Crippen molar-refractivity contribution < 1.29 is 9.21 Å². The van der Waals surface area contributed by atoms with Gasteiger partial charge in [0.2, 0.25) is 5.89 Å². The second-order valence-electron chi connectivity index (χ2n) is 4.59. The van der Waals surface area contributed by atoms with Crippen LogP contribution in [0, 0.1) is 5.92 Å². The number of aromatic nitrogens is 1. The van der Waals surface area contributed by atoms with Gasteiger partial charge < -0.3 is 15.5 Å². The van der Waals surface area contributed by atoms with Gasteiger partial charge in [-0.3, -0.25) is 4.79 Å². The quantitative estimate of drug-likeness (QED) is 0.821. The largest absolute Gasteiger partial charge is 0.446 e. The molecule has 96 valence electrons. The van der Waals surface area contributed by atoms with E-state index in [4.69, 9.17) is 10.2 Å². The summed E-state index contributed by atoms with van der Waals surface area (Å²) in [6.45, 7) is 8.00. The molecule has 2 unspecified atom stereocenters. The highest BCUT2D eigenvalue weighted by molar-refractivity contribution is 5.92. The standard InChI is InChI=1S/C12H21N3O2/c1-5-9(13)12-15-10(6-17-12)11(16)14-8(4)7(2)3/h6-9H,5,13H2,1-4H3,(H,14,16). The summed E-state index contributed by atoms with van der Waals surface area (Å²) in [6, 6.07) is -0.151. The normalized spacial score (nSPS) is 14.7. The van der Waals surface area contributed by atoms with Gasteiger partial charge in [0.25, 0.3) is 5.91 Å².